The molecule has 6 heteroatoms. The summed E-state index contributed by atoms with van der Waals surface area (Å²) in [6.07, 6.45) is 2.91. The zero-order valence-electron chi connectivity index (χ0n) is 8.61. The smallest absolute Gasteiger partial charge is 0.253 e. The molecule has 2 heterocycles. The third kappa shape index (κ3) is 2.99. The molecular formula is C11H8Cl2N2O2. The van der Waals surface area contributed by atoms with Crippen molar-refractivity contribution < 1.29 is 9.21 Å². The summed E-state index contributed by atoms with van der Waals surface area (Å²) in [4.78, 5) is 15.5. The second-order valence-electron chi connectivity index (χ2n) is 3.26. The summed E-state index contributed by atoms with van der Waals surface area (Å²) in [5, 5.41) is 3.10. The molecule has 0 aromatic carbocycles. The highest BCUT2D eigenvalue weighted by Gasteiger charge is 2.09. The summed E-state index contributed by atoms with van der Waals surface area (Å²) in [6.45, 7) is 0.312. The fraction of sp³-hybridized carbons (Fsp3) is 0.0909. The van der Waals surface area contributed by atoms with E-state index in [4.69, 9.17) is 27.6 Å². The predicted molar refractivity (Wildman–Crippen MR) is 64.1 cm³/mol. The highest BCUT2D eigenvalue weighted by molar-refractivity contribution is 6.41. The van der Waals surface area contributed by atoms with Crippen molar-refractivity contribution in [2.24, 2.45) is 0 Å². The zero-order valence-corrected chi connectivity index (χ0v) is 10.1. The Morgan fingerprint density at radius 2 is 2.29 bits per heavy atom. The monoisotopic (exact) mass is 270 g/mol. The molecular weight excluding hydrogens is 263 g/mol. The topological polar surface area (TPSA) is 55.1 Å². The van der Waals surface area contributed by atoms with Gasteiger partial charge in [0.15, 0.2) is 0 Å². The average Bonchev–Trinajstić information content (AvgIpc) is 2.82. The number of carbonyl (C=O) groups is 1. The van der Waals surface area contributed by atoms with Crippen molar-refractivity contribution in [3.63, 3.8) is 0 Å². The Morgan fingerprint density at radius 3 is 2.94 bits per heavy atom. The lowest BCUT2D eigenvalue weighted by atomic mass is 10.2. The first-order valence-electron chi connectivity index (χ1n) is 4.78. The van der Waals surface area contributed by atoms with Crippen LogP contribution in [0.3, 0.4) is 0 Å². The van der Waals surface area contributed by atoms with Crippen molar-refractivity contribution in [1.29, 1.82) is 0 Å². The molecule has 0 bridgehead atoms. The van der Waals surface area contributed by atoms with E-state index in [0.717, 1.165) is 0 Å². The second kappa shape index (κ2) is 5.21. The molecule has 1 N–H and O–H groups in total. The largest absolute Gasteiger partial charge is 0.467 e. The van der Waals surface area contributed by atoms with Crippen LogP contribution in [0.25, 0.3) is 0 Å². The molecule has 0 unspecified atom stereocenters. The Balaban J connectivity index is 2.02. The van der Waals surface area contributed by atoms with Crippen molar-refractivity contribution in [1.82, 2.24) is 10.3 Å². The highest BCUT2D eigenvalue weighted by atomic mass is 35.5. The molecule has 2 rings (SSSR count). The van der Waals surface area contributed by atoms with Crippen LogP contribution in [0.2, 0.25) is 10.2 Å². The first kappa shape index (κ1) is 12.0. The van der Waals surface area contributed by atoms with Gasteiger partial charge >= 0.3 is 0 Å². The maximum atomic E-state index is 11.7. The lowest BCUT2D eigenvalue weighted by Crippen LogP contribution is -2.22. The fourth-order valence-electron chi connectivity index (χ4n) is 1.23. The number of rotatable bonds is 3. The third-order valence-electron chi connectivity index (χ3n) is 2.06. The van der Waals surface area contributed by atoms with E-state index < -0.39 is 0 Å². The Morgan fingerprint density at radius 1 is 1.47 bits per heavy atom. The van der Waals surface area contributed by atoms with Crippen LogP contribution in [0.1, 0.15) is 16.1 Å². The maximum Gasteiger partial charge on any atom is 0.253 e. The van der Waals surface area contributed by atoms with Crippen LogP contribution in [-0.4, -0.2) is 10.9 Å². The van der Waals surface area contributed by atoms with Crippen molar-refractivity contribution in [2.45, 2.75) is 6.54 Å². The van der Waals surface area contributed by atoms with E-state index in [1.807, 2.05) is 0 Å². The van der Waals surface area contributed by atoms with E-state index in [-0.39, 0.29) is 16.1 Å². The molecule has 2 aromatic rings. The molecule has 0 fully saturated rings. The molecule has 4 nitrogen and oxygen atoms in total. The zero-order chi connectivity index (χ0) is 12.3. The number of hydrogen-bond acceptors (Lipinski definition) is 3. The highest BCUT2D eigenvalue weighted by Crippen LogP contribution is 2.19. The van der Waals surface area contributed by atoms with Crippen molar-refractivity contribution in [2.75, 3.05) is 0 Å². The molecule has 0 aliphatic heterocycles. The Labute approximate surface area is 108 Å². The van der Waals surface area contributed by atoms with Crippen LogP contribution in [0.5, 0.6) is 0 Å². The number of amides is 1. The van der Waals surface area contributed by atoms with Crippen molar-refractivity contribution in [3.8, 4) is 0 Å². The van der Waals surface area contributed by atoms with Crippen LogP contribution in [0.4, 0.5) is 0 Å². The average molecular weight is 271 g/mol. The van der Waals surface area contributed by atoms with Gasteiger partial charge < -0.3 is 9.73 Å². The summed E-state index contributed by atoms with van der Waals surface area (Å²) >= 11 is 11.4. The molecule has 0 atom stereocenters. The van der Waals surface area contributed by atoms with Gasteiger partial charge in [0.1, 0.15) is 10.9 Å². The van der Waals surface area contributed by atoms with Crippen LogP contribution in [0, 0.1) is 0 Å². The second-order valence-corrected chi connectivity index (χ2v) is 4.02. The molecule has 0 spiro atoms. The molecule has 0 aliphatic carbocycles. The van der Waals surface area contributed by atoms with Gasteiger partial charge in [0.05, 0.1) is 23.4 Å². The molecule has 88 valence electrons. The third-order valence-corrected chi connectivity index (χ3v) is 2.75. The van der Waals surface area contributed by atoms with E-state index in [1.54, 1.807) is 18.4 Å². The van der Waals surface area contributed by atoms with Crippen LogP contribution in [0.15, 0.2) is 35.1 Å². The molecule has 2 aromatic heterocycles. The van der Waals surface area contributed by atoms with Crippen molar-refractivity contribution in [3.05, 3.63) is 52.2 Å². The minimum Gasteiger partial charge on any atom is -0.467 e. The van der Waals surface area contributed by atoms with Gasteiger partial charge in [0.2, 0.25) is 0 Å². The van der Waals surface area contributed by atoms with Gasteiger partial charge in [0, 0.05) is 6.20 Å². The maximum absolute atomic E-state index is 11.7. The van der Waals surface area contributed by atoms with E-state index in [0.29, 0.717) is 17.9 Å². The predicted octanol–water partition coefficient (Wildman–Crippen LogP) is 2.91. The van der Waals surface area contributed by atoms with Gasteiger partial charge in [-0.15, -0.1) is 0 Å². The van der Waals surface area contributed by atoms with Crippen LogP contribution in [-0.2, 0) is 6.54 Å². The van der Waals surface area contributed by atoms with Gasteiger partial charge in [-0.25, -0.2) is 4.98 Å². The van der Waals surface area contributed by atoms with E-state index in [2.05, 4.69) is 10.3 Å². The number of halogens is 2. The first-order chi connectivity index (χ1) is 8.16. The summed E-state index contributed by atoms with van der Waals surface area (Å²) in [6, 6.07) is 4.99. The molecule has 0 saturated carbocycles. The minimum absolute atomic E-state index is 0.175. The molecule has 17 heavy (non-hydrogen) atoms. The van der Waals surface area contributed by atoms with Crippen molar-refractivity contribution >= 4 is 29.1 Å². The summed E-state index contributed by atoms with van der Waals surface area (Å²) in [7, 11) is 0. The number of nitrogens with zero attached hydrogens (tertiary/aromatic N) is 1. The summed E-state index contributed by atoms with van der Waals surface area (Å²) in [5.41, 5.74) is 0.353. The first-order valence-corrected chi connectivity index (χ1v) is 5.54. The van der Waals surface area contributed by atoms with Gasteiger partial charge in [-0.05, 0) is 18.2 Å². The number of hydrogen-bond donors (Lipinski definition) is 1. The SMILES string of the molecule is O=C(NCc1ccco1)c1cnc(Cl)c(Cl)c1. The van der Waals surface area contributed by atoms with E-state index in [9.17, 15) is 4.79 Å². The normalized spacial score (nSPS) is 10.2. The lowest BCUT2D eigenvalue weighted by molar-refractivity contribution is 0.0947. The minimum atomic E-state index is -0.285. The van der Waals surface area contributed by atoms with Gasteiger partial charge in [-0.1, -0.05) is 23.2 Å². The van der Waals surface area contributed by atoms with Crippen LogP contribution < -0.4 is 5.32 Å². The van der Waals surface area contributed by atoms with Crippen LogP contribution >= 0.6 is 23.2 Å². The molecule has 0 radical (unpaired) electrons. The Kier molecular flexibility index (Phi) is 3.66. The fourth-order valence-corrected chi connectivity index (χ4v) is 1.50. The number of furan rings is 1. The Hall–Kier alpha value is -1.52. The quantitative estimate of drug-likeness (QED) is 0.873. The van der Waals surface area contributed by atoms with E-state index in [1.165, 1.54) is 12.3 Å². The molecule has 1 amide bonds. The van der Waals surface area contributed by atoms with Gasteiger partial charge in [0.25, 0.3) is 5.91 Å². The standard InChI is InChI=1S/C11H8Cl2N2O2/c12-9-4-7(5-14-10(9)13)11(16)15-6-8-2-1-3-17-8/h1-5H,6H2,(H,15,16). The van der Waals surface area contributed by atoms with Gasteiger partial charge in [-0.3, -0.25) is 4.79 Å². The molecule has 0 aliphatic rings. The number of pyridine rings is 1. The number of carbonyl (C=O) groups excluding carboxylic acids is 1. The Bertz CT molecular complexity index is 526. The molecule has 0 saturated heterocycles. The van der Waals surface area contributed by atoms with E-state index >= 15 is 0 Å². The summed E-state index contributed by atoms with van der Waals surface area (Å²) < 4.78 is 5.09. The van der Waals surface area contributed by atoms with Gasteiger partial charge in [-0.2, -0.15) is 0 Å². The lowest BCUT2D eigenvalue weighted by Gasteiger charge is -2.03. The number of nitrogens with one attached hydrogen (secondary N) is 1. The number of aromatic nitrogens is 1. The summed E-state index contributed by atoms with van der Waals surface area (Å²) in [5.74, 6) is 0.388.